The van der Waals surface area contributed by atoms with Crippen LogP contribution in [-0.2, 0) is 15.0 Å². The van der Waals surface area contributed by atoms with Gasteiger partial charge in [0.2, 0.25) is 11.8 Å². The summed E-state index contributed by atoms with van der Waals surface area (Å²) < 4.78 is 35.9. The second kappa shape index (κ2) is 9.16. The highest BCUT2D eigenvalue weighted by molar-refractivity contribution is 7.90. The standard InChI is InChI=1S/C24H30N4O5S/c1-16(17-6-3-2-4-7-17)23(30)26-20-10-22-24(25-11-20)33-21(15-29)14-28(22)34(31,32)27-12-18-8-5-9-19(18)13-27/h2-4,6-7,10-11,16,18-19,21,29H,5,8-9,12-15H2,1H3,(H,26,30)/t16-,18?,19?,21+/m0/s1. The van der Waals surface area contributed by atoms with Gasteiger partial charge in [-0.1, -0.05) is 36.8 Å². The van der Waals surface area contributed by atoms with Crippen molar-refractivity contribution in [1.29, 1.82) is 0 Å². The zero-order chi connectivity index (χ0) is 23.9. The van der Waals surface area contributed by atoms with Crippen LogP contribution in [0.1, 0.15) is 37.7 Å². The van der Waals surface area contributed by atoms with Crippen LogP contribution in [-0.4, -0.2) is 61.1 Å². The van der Waals surface area contributed by atoms with E-state index in [2.05, 4.69) is 10.3 Å². The number of fused-ring (bicyclic) bond motifs is 2. The highest BCUT2D eigenvalue weighted by atomic mass is 32.2. The summed E-state index contributed by atoms with van der Waals surface area (Å²) in [6.45, 7) is 2.50. The van der Waals surface area contributed by atoms with Gasteiger partial charge in [0, 0.05) is 13.1 Å². The number of amides is 1. The Morgan fingerprint density at radius 2 is 1.91 bits per heavy atom. The molecule has 9 nitrogen and oxygen atoms in total. The van der Waals surface area contributed by atoms with E-state index in [-0.39, 0.29) is 30.6 Å². The number of pyridine rings is 1. The number of aromatic nitrogens is 1. The van der Waals surface area contributed by atoms with Crippen LogP contribution in [0, 0.1) is 11.8 Å². The minimum Gasteiger partial charge on any atom is -0.468 e. The molecule has 3 aliphatic rings. The zero-order valence-corrected chi connectivity index (χ0v) is 19.9. The van der Waals surface area contributed by atoms with E-state index in [4.69, 9.17) is 4.74 Å². The van der Waals surface area contributed by atoms with E-state index >= 15 is 0 Å². The van der Waals surface area contributed by atoms with Crippen molar-refractivity contribution in [2.45, 2.75) is 38.2 Å². The van der Waals surface area contributed by atoms with E-state index in [9.17, 15) is 18.3 Å². The number of nitrogens with zero attached hydrogens (tertiary/aromatic N) is 3. The van der Waals surface area contributed by atoms with Gasteiger partial charge in [-0.2, -0.15) is 12.7 Å². The highest BCUT2D eigenvalue weighted by Gasteiger charge is 2.45. The Labute approximate surface area is 199 Å². The molecule has 0 bridgehead atoms. The second-order valence-electron chi connectivity index (χ2n) is 9.40. The fourth-order valence-corrected chi connectivity index (χ4v) is 7.01. The van der Waals surface area contributed by atoms with Crippen molar-refractivity contribution < 1.29 is 23.1 Å². The molecule has 34 heavy (non-hydrogen) atoms. The van der Waals surface area contributed by atoms with Crippen LogP contribution in [0.2, 0.25) is 0 Å². The van der Waals surface area contributed by atoms with Crippen LogP contribution >= 0.6 is 0 Å². The molecule has 1 aromatic carbocycles. The highest BCUT2D eigenvalue weighted by Crippen LogP contribution is 2.42. The fraction of sp³-hybridized carbons (Fsp3) is 0.500. The third kappa shape index (κ3) is 4.25. The van der Waals surface area contributed by atoms with Gasteiger partial charge in [0.25, 0.3) is 0 Å². The predicted octanol–water partition coefficient (Wildman–Crippen LogP) is 2.36. The quantitative estimate of drug-likeness (QED) is 0.648. The Kier molecular flexibility index (Phi) is 6.22. The molecule has 2 aromatic rings. The van der Waals surface area contributed by atoms with Crippen LogP contribution in [0.4, 0.5) is 11.4 Å². The maximum absolute atomic E-state index is 13.7. The van der Waals surface area contributed by atoms with Crippen molar-refractivity contribution in [2.75, 3.05) is 35.9 Å². The molecule has 1 aliphatic carbocycles. The topological polar surface area (TPSA) is 112 Å². The number of ether oxygens (including phenoxy) is 1. The van der Waals surface area contributed by atoms with E-state index in [1.807, 2.05) is 37.3 Å². The second-order valence-corrected chi connectivity index (χ2v) is 11.3. The summed E-state index contributed by atoms with van der Waals surface area (Å²) in [6, 6.07) is 11.0. The van der Waals surface area contributed by atoms with Gasteiger partial charge in [0.15, 0.2) is 0 Å². The number of aliphatic hydroxyl groups is 1. The molecule has 1 aromatic heterocycles. The van der Waals surface area contributed by atoms with Crippen molar-refractivity contribution in [1.82, 2.24) is 9.29 Å². The van der Waals surface area contributed by atoms with Crippen LogP contribution in [0.25, 0.3) is 0 Å². The van der Waals surface area contributed by atoms with Gasteiger partial charge in [0.05, 0.1) is 31.0 Å². The average Bonchev–Trinajstić information content (AvgIpc) is 3.46. The lowest BCUT2D eigenvalue weighted by atomic mass is 10.0. The molecule has 1 amide bonds. The summed E-state index contributed by atoms with van der Waals surface area (Å²) in [6.07, 6.45) is 4.01. The first-order chi connectivity index (χ1) is 16.4. The van der Waals surface area contributed by atoms with Crippen LogP contribution in [0.5, 0.6) is 5.88 Å². The van der Waals surface area contributed by atoms with E-state index in [1.54, 1.807) is 10.4 Å². The van der Waals surface area contributed by atoms with Crippen molar-refractivity contribution in [2.24, 2.45) is 11.8 Å². The van der Waals surface area contributed by atoms with Crippen LogP contribution in [0.15, 0.2) is 42.6 Å². The third-order valence-electron chi connectivity index (χ3n) is 7.21. The number of benzene rings is 1. The molecule has 2 N–H and O–H groups in total. The van der Waals surface area contributed by atoms with Crippen molar-refractivity contribution in [3.63, 3.8) is 0 Å². The number of hydrogen-bond donors (Lipinski definition) is 2. The molecule has 2 fully saturated rings. The molecule has 1 saturated heterocycles. The molecular weight excluding hydrogens is 456 g/mol. The number of anilines is 2. The molecule has 2 unspecified atom stereocenters. The van der Waals surface area contributed by atoms with Crippen molar-refractivity contribution in [3.05, 3.63) is 48.2 Å². The Morgan fingerprint density at radius 3 is 2.59 bits per heavy atom. The van der Waals surface area contributed by atoms with Crippen LogP contribution < -0.4 is 14.4 Å². The minimum absolute atomic E-state index is 0.0167. The molecule has 10 heteroatoms. The molecule has 2 aliphatic heterocycles. The maximum atomic E-state index is 13.7. The molecule has 0 spiro atoms. The number of carbonyl (C=O) groups is 1. The molecular formula is C24H30N4O5S. The maximum Gasteiger partial charge on any atom is 0.304 e. The summed E-state index contributed by atoms with van der Waals surface area (Å²) >= 11 is 0. The van der Waals surface area contributed by atoms with Gasteiger partial charge in [0.1, 0.15) is 11.8 Å². The van der Waals surface area contributed by atoms with Gasteiger partial charge in [-0.3, -0.25) is 4.79 Å². The lowest BCUT2D eigenvalue weighted by molar-refractivity contribution is -0.117. The molecule has 5 rings (SSSR count). The van der Waals surface area contributed by atoms with Gasteiger partial charge >= 0.3 is 10.2 Å². The Bertz CT molecular complexity index is 1150. The molecule has 4 atom stereocenters. The number of carbonyl (C=O) groups excluding carboxylic acids is 1. The van der Waals surface area contributed by atoms with Gasteiger partial charge in [-0.05, 0) is 43.2 Å². The zero-order valence-electron chi connectivity index (χ0n) is 19.1. The first-order valence-corrected chi connectivity index (χ1v) is 13.2. The van der Waals surface area contributed by atoms with Gasteiger partial charge in [-0.25, -0.2) is 9.29 Å². The number of hydrogen-bond acceptors (Lipinski definition) is 6. The van der Waals surface area contributed by atoms with E-state index in [0.29, 0.717) is 30.6 Å². The van der Waals surface area contributed by atoms with Crippen molar-refractivity contribution in [3.8, 4) is 5.88 Å². The summed E-state index contributed by atoms with van der Waals surface area (Å²) in [5, 5.41) is 12.5. The predicted molar refractivity (Wildman–Crippen MR) is 128 cm³/mol. The number of nitrogens with one attached hydrogen (secondary N) is 1. The lowest BCUT2D eigenvalue weighted by Gasteiger charge is -2.36. The van der Waals surface area contributed by atoms with Gasteiger partial charge < -0.3 is 15.2 Å². The molecule has 0 radical (unpaired) electrons. The average molecular weight is 487 g/mol. The SMILES string of the molecule is C[C@H](C(=O)Nc1cnc2c(c1)N(S(=O)(=O)N1CC3CCCC3C1)C[C@H](CO)O2)c1ccccc1. The monoisotopic (exact) mass is 486 g/mol. The molecule has 3 heterocycles. The summed E-state index contributed by atoms with van der Waals surface area (Å²) in [7, 11) is -3.84. The van der Waals surface area contributed by atoms with Gasteiger partial charge in [-0.15, -0.1) is 0 Å². The van der Waals surface area contributed by atoms with E-state index in [0.717, 1.165) is 24.8 Å². The Morgan fingerprint density at radius 1 is 1.21 bits per heavy atom. The minimum atomic E-state index is -3.84. The largest absolute Gasteiger partial charge is 0.468 e. The first-order valence-electron chi connectivity index (χ1n) is 11.8. The van der Waals surface area contributed by atoms with Crippen molar-refractivity contribution >= 4 is 27.5 Å². The summed E-state index contributed by atoms with van der Waals surface area (Å²) in [5.74, 6) is 0.331. The fourth-order valence-electron chi connectivity index (χ4n) is 5.23. The lowest BCUT2D eigenvalue weighted by Crippen LogP contribution is -2.50. The first kappa shape index (κ1) is 23.1. The number of rotatable bonds is 6. The Hall–Kier alpha value is -2.69. The van der Waals surface area contributed by atoms with Crippen LogP contribution in [0.3, 0.4) is 0 Å². The smallest absolute Gasteiger partial charge is 0.304 e. The third-order valence-corrected chi connectivity index (χ3v) is 9.06. The van der Waals surface area contributed by atoms with E-state index in [1.165, 1.54) is 10.5 Å². The molecule has 182 valence electrons. The van der Waals surface area contributed by atoms with E-state index < -0.39 is 22.2 Å². The summed E-state index contributed by atoms with van der Waals surface area (Å²) in [4.78, 5) is 17.1. The molecule has 1 saturated carbocycles. The normalized spacial score (nSPS) is 25.4. The number of aliphatic hydroxyl groups excluding tert-OH is 1. The summed E-state index contributed by atoms with van der Waals surface area (Å²) in [5.41, 5.74) is 1.53. The Balaban J connectivity index is 1.41.